The van der Waals surface area contributed by atoms with Gasteiger partial charge in [-0.05, 0) is 31.0 Å². The molecule has 0 saturated heterocycles. The van der Waals surface area contributed by atoms with Gasteiger partial charge in [0.1, 0.15) is 5.75 Å². The predicted molar refractivity (Wildman–Crippen MR) is 65.9 cm³/mol. The van der Waals surface area contributed by atoms with Gasteiger partial charge < -0.3 is 15.2 Å². The Bertz CT molecular complexity index is 359. The smallest absolute Gasteiger partial charge is 0.310 e. The van der Waals surface area contributed by atoms with Gasteiger partial charge in [-0.3, -0.25) is 4.79 Å². The molecule has 0 saturated carbocycles. The maximum absolute atomic E-state index is 11.6. The summed E-state index contributed by atoms with van der Waals surface area (Å²) in [6.07, 6.45) is 0.578. The van der Waals surface area contributed by atoms with Crippen LogP contribution in [0.3, 0.4) is 0 Å². The van der Waals surface area contributed by atoms with Gasteiger partial charge in [0.15, 0.2) is 0 Å². The summed E-state index contributed by atoms with van der Waals surface area (Å²) in [6, 6.07) is 7.36. The molecule has 0 aromatic heterocycles. The first-order valence-corrected chi connectivity index (χ1v) is 5.54. The van der Waals surface area contributed by atoms with Crippen LogP contribution in [-0.4, -0.2) is 26.2 Å². The molecule has 0 fully saturated rings. The third-order valence-corrected chi connectivity index (χ3v) is 2.75. The van der Waals surface area contributed by atoms with Crippen molar-refractivity contribution in [2.24, 2.45) is 11.7 Å². The molecule has 1 aromatic carbocycles. The van der Waals surface area contributed by atoms with Crippen LogP contribution in [0.5, 0.6) is 5.75 Å². The van der Waals surface area contributed by atoms with Crippen LogP contribution in [0.2, 0.25) is 0 Å². The topological polar surface area (TPSA) is 61.5 Å². The zero-order valence-electron chi connectivity index (χ0n) is 10.5. The van der Waals surface area contributed by atoms with Crippen LogP contribution in [0.15, 0.2) is 24.3 Å². The van der Waals surface area contributed by atoms with Crippen molar-refractivity contribution in [2.45, 2.75) is 19.4 Å². The van der Waals surface area contributed by atoms with Gasteiger partial charge in [0.25, 0.3) is 0 Å². The van der Waals surface area contributed by atoms with Gasteiger partial charge >= 0.3 is 5.97 Å². The number of carbonyl (C=O) groups is 1. The molecule has 1 rings (SSSR count). The molecule has 0 heterocycles. The summed E-state index contributed by atoms with van der Waals surface area (Å²) in [7, 11) is 3.00. The highest BCUT2D eigenvalue weighted by molar-refractivity contribution is 5.73. The standard InChI is InChI=1S/C13H19NO3/c1-9(14)12(13(15)17-3)8-10-4-6-11(16-2)7-5-10/h4-7,9,12H,8,14H2,1-3H3/t9-,12-/m1/s1. The summed E-state index contributed by atoms with van der Waals surface area (Å²) < 4.78 is 9.82. The summed E-state index contributed by atoms with van der Waals surface area (Å²) in [5.74, 6) is 0.216. The first-order chi connectivity index (χ1) is 8.08. The Hall–Kier alpha value is -1.55. The van der Waals surface area contributed by atoms with Crippen molar-refractivity contribution in [1.82, 2.24) is 0 Å². The Labute approximate surface area is 102 Å². The molecule has 0 aliphatic heterocycles. The highest BCUT2D eigenvalue weighted by atomic mass is 16.5. The lowest BCUT2D eigenvalue weighted by molar-refractivity contribution is -0.146. The van der Waals surface area contributed by atoms with Crippen LogP contribution in [-0.2, 0) is 16.0 Å². The summed E-state index contributed by atoms with van der Waals surface area (Å²) in [5.41, 5.74) is 6.83. The number of rotatable bonds is 5. The number of nitrogens with two attached hydrogens (primary N) is 1. The van der Waals surface area contributed by atoms with Crippen molar-refractivity contribution >= 4 is 5.97 Å². The third kappa shape index (κ3) is 3.75. The van der Waals surface area contributed by atoms with Crippen LogP contribution in [0.4, 0.5) is 0 Å². The van der Waals surface area contributed by atoms with E-state index in [1.165, 1.54) is 7.11 Å². The zero-order valence-corrected chi connectivity index (χ0v) is 10.5. The second kappa shape index (κ2) is 6.25. The average Bonchev–Trinajstić information content (AvgIpc) is 2.35. The molecule has 4 heteroatoms. The molecule has 4 nitrogen and oxygen atoms in total. The molecule has 0 amide bonds. The molecule has 1 aromatic rings. The van der Waals surface area contributed by atoms with E-state index in [1.54, 1.807) is 7.11 Å². The summed E-state index contributed by atoms with van der Waals surface area (Å²) in [5, 5.41) is 0. The highest BCUT2D eigenvalue weighted by Crippen LogP contribution is 2.17. The maximum Gasteiger partial charge on any atom is 0.310 e. The van der Waals surface area contributed by atoms with Crippen LogP contribution in [0.1, 0.15) is 12.5 Å². The van der Waals surface area contributed by atoms with E-state index in [0.717, 1.165) is 11.3 Å². The van der Waals surface area contributed by atoms with Crippen molar-refractivity contribution in [1.29, 1.82) is 0 Å². The fourth-order valence-electron chi connectivity index (χ4n) is 1.65. The first kappa shape index (κ1) is 13.5. The normalized spacial score (nSPS) is 13.9. The predicted octanol–water partition coefficient (Wildman–Crippen LogP) is 1.37. The van der Waals surface area contributed by atoms with E-state index in [1.807, 2.05) is 31.2 Å². The van der Waals surface area contributed by atoms with Crippen LogP contribution in [0.25, 0.3) is 0 Å². The molecule has 0 aliphatic carbocycles. The minimum absolute atomic E-state index is 0.232. The van der Waals surface area contributed by atoms with Crippen molar-refractivity contribution in [3.8, 4) is 5.75 Å². The molecule has 17 heavy (non-hydrogen) atoms. The number of ether oxygens (including phenoxy) is 2. The number of methoxy groups -OCH3 is 2. The zero-order chi connectivity index (χ0) is 12.8. The van der Waals surface area contributed by atoms with Gasteiger partial charge in [0.2, 0.25) is 0 Å². The quantitative estimate of drug-likeness (QED) is 0.786. The maximum atomic E-state index is 11.6. The second-order valence-corrected chi connectivity index (χ2v) is 4.04. The monoisotopic (exact) mass is 237 g/mol. The first-order valence-electron chi connectivity index (χ1n) is 5.54. The highest BCUT2D eigenvalue weighted by Gasteiger charge is 2.23. The second-order valence-electron chi connectivity index (χ2n) is 4.04. The third-order valence-electron chi connectivity index (χ3n) is 2.75. The van der Waals surface area contributed by atoms with E-state index in [-0.39, 0.29) is 17.9 Å². The molecular weight excluding hydrogens is 218 g/mol. The Morgan fingerprint density at radius 1 is 1.29 bits per heavy atom. The minimum atomic E-state index is -0.312. The average molecular weight is 237 g/mol. The molecule has 94 valence electrons. The van der Waals surface area contributed by atoms with Crippen molar-refractivity contribution < 1.29 is 14.3 Å². The summed E-state index contributed by atoms with van der Waals surface area (Å²) in [4.78, 5) is 11.6. The van der Waals surface area contributed by atoms with E-state index in [2.05, 4.69) is 0 Å². The molecule has 0 aliphatic rings. The Morgan fingerprint density at radius 3 is 2.29 bits per heavy atom. The van der Waals surface area contributed by atoms with Gasteiger partial charge in [-0.15, -0.1) is 0 Å². The number of hydrogen-bond acceptors (Lipinski definition) is 4. The molecule has 2 atom stereocenters. The van der Waals surface area contributed by atoms with E-state index >= 15 is 0 Å². The number of carbonyl (C=O) groups excluding carboxylic acids is 1. The minimum Gasteiger partial charge on any atom is -0.497 e. The van der Waals surface area contributed by atoms with Gasteiger partial charge in [0, 0.05) is 6.04 Å². The van der Waals surface area contributed by atoms with Crippen LogP contribution in [0, 0.1) is 5.92 Å². The van der Waals surface area contributed by atoms with Gasteiger partial charge in [-0.25, -0.2) is 0 Å². The summed E-state index contributed by atoms with van der Waals surface area (Å²) in [6.45, 7) is 1.81. The number of hydrogen-bond donors (Lipinski definition) is 1. The fourth-order valence-corrected chi connectivity index (χ4v) is 1.65. The lowest BCUT2D eigenvalue weighted by Crippen LogP contribution is -2.35. The van der Waals surface area contributed by atoms with Gasteiger partial charge in [0.05, 0.1) is 20.1 Å². The van der Waals surface area contributed by atoms with E-state index in [0.29, 0.717) is 6.42 Å². The fraction of sp³-hybridized carbons (Fsp3) is 0.462. The van der Waals surface area contributed by atoms with Crippen molar-refractivity contribution in [3.63, 3.8) is 0 Å². The Kier molecular flexibility index (Phi) is 4.97. The number of esters is 1. The van der Waals surface area contributed by atoms with Gasteiger partial charge in [-0.1, -0.05) is 12.1 Å². The SMILES string of the molecule is COC(=O)[C@H](Cc1ccc(OC)cc1)[C@@H](C)N. The Balaban J connectivity index is 2.75. The number of benzene rings is 1. The van der Waals surface area contributed by atoms with Gasteiger partial charge in [-0.2, -0.15) is 0 Å². The Morgan fingerprint density at radius 2 is 1.88 bits per heavy atom. The molecule has 0 bridgehead atoms. The molecule has 2 N–H and O–H groups in total. The van der Waals surface area contributed by atoms with E-state index < -0.39 is 0 Å². The van der Waals surface area contributed by atoms with Crippen LogP contribution < -0.4 is 10.5 Å². The molecule has 0 radical (unpaired) electrons. The lowest BCUT2D eigenvalue weighted by Gasteiger charge is -2.18. The van der Waals surface area contributed by atoms with E-state index in [9.17, 15) is 4.79 Å². The molecule has 0 unspecified atom stereocenters. The molecular formula is C13H19NO3. The largest absolute Gasteiger partial charge is 0.497 e. The summed E-state index contributed by atoms with van der Waals surface area (Å²) >= 11 is 0. The van der Waals surface area contributed by atoms with E-state index in [4.69, 9.17) is 15.2 Å². The van der Waals surface area contributed by atoms with Crippen molar-refractivity contribution in [3.05, 3.63) is 29.8 Å². The van der Waals surface area contributed by atoms with Crippen LogP contribution >= 0.6 is 0 Å². The van der Waals surface area contributed by atoms with Crippen molar-refractivity contribution in [2.75, 3.05) is 14.2 Å². The molecule has 0 spiro atoms. The lowest BCUT2D eigenvalue weighted by atomic mass is 9.93.